The quantitative estimate of drug-likeness (QED) is 0.740. The molecule has 0 aromatic heterocycles. The van der Waals surface area contributed by atoms with Crippen LogP contribution in [0.4, 0.5) is 0 Å². The van der Waals surface area contributed by atoms with E-state index >= 15 is 0 Å². The van der Waals surface area contributed by atoms with Gasteiger partial charge in [-0.05, 0) is 12.3 Å². The van der Waals surface area contributed by atoms with Gasteiger partial charge in [0.25, 0.3) is 0 Å². The van der Waals surface area contributed by atoms with Crippen molar-refractivity contribution >= 4 is 5.91 Å². The zero-order valence-electron chi connectivity index (χ0n) is 11.7. The first-order valence-corrected chi connectivity index (χ1v) is 6.86. The van der Waals surface area contributed by atoms with E-state index in [0.29, 0.717) is 12.0 Å². The normalized spacial score (nSPS) is 34.3. The lowest BCUT2D eigenvalue weighted by molar-refractivity contribution is -0.138. The Hall–Kier alpha value is -0.650. The lowest BCUT2D eigenvalue weighted by atomic mass is 9.93. The summed E-state index contributed by atoms with van der Waals surface area (Å²) in [6.07, 6.45) is 1.04. The second kappa shape index (κ2) is 5.99. The molecule has 1 amide bonds. The Morgan fingerprint density at radius 1 is 1.44 bits per heavy atom. The van der Waals surface area contributed by atoms with Gasteiger partial charge >= 0.3 is 0 Å². The highest BCUT2D eigenvalue weighted by Gasteiger charge is 2.37. The Labute approximate surface area is 109 Å². The first kappa shape index (κ1) is 13.8. The van der Waals surface area contributed by atoms with Crippen LogP contribution in [0.1, 0.15) is 13.3 Å². The van der Waals surface area contributed by atoms with E-state index in [2.05, 4.69) is 17.1 Å². The Morgan fingerprint density at radius 3 is 2.89 bits per heavy atom. The van der Waals surface area contributed by atoms with Crippen molar-refractivity contribution in [2.24, 2.45) is 5.92 Å². The highest BCUT2D eigenvalue weighted by Crippen LogP contribution is 2.23. The topological polar surface area (TPSA) is 44.8 Å². The van der Waals surface area contributed by atoms with E-state index in [0.717, 1.165) is 39.3 Å². The van der Waals surface area contributed by atoms with E-state index in [1.54, 1.807) is 4.90 Å². The fraction of sp³-hybridized carbons (Fsp3) is 0.923. The second-order valence-corrected chi connectivity index (χ2v) is 5.60. The third kappa shape index (κ3) is 2.84. The van der Waals surface area contributed by atoms with E-state index < -0.39 is 0 Å². The van der Waals surface area contributed by atoms with Crippen LogP contribution in [-0.2, 0) is 9.53 Å². The molecule has 2 rings (SSSR count). The first-order valence-electron chi connectivity index (χ1n) is 6.86. The van der Waals surface area contributed by atoms with Gasteiger partial charge in [-0.25, -0.2) is 0 Å². The number of likely N-dealkylation sites (N-methyl/N-ethyl adjacent to an activating group) is 1. The van der Waals surface area contributed by atoms with Crippen LogP contribution in [0.25, 0.3) is 0 Å². The average molecular weight is 255 g/mol. The maximum absolute atomic E-state index is 12.3. The number of piperazine rings is 1. The smallest absolute Gasteiger partial charge is 0.240 e. The predicted octanol–water partition coefficient (Wildman–Crippen LogP) is -0.227. The molecule has 0 radical (unpaired) electrons. The van der Waals surface area contributed by atoms with Gasteiger partial charge in [-0.1, -0.05) is 6.92 Å². The summed E-state index contributed by atoms with van der Waals surface area (Å²) in [5, 5.41) is 3.33. The summed E-state index contributed by atoms with van der Waals surface area (Å²) in [6, 6.07) is 0.467. The van der Waals surface area contributed by atoms with Gasteiger partial charge in [-0.3, -0.25) is 9.69 Å². The summed E-state index contributed by atoms with van der Waals surface area (Å²) < 4.78 is 5.51. The molecule has 0 bridgehead atoms. The minimum Gasteiger partial charge on any atom is -0.381 e. The van der Waals surface area contributed by atoms with Crippen LogP contribution in [0.5, 0.6) is 0 Å². The van der Waals surface area contributed by atoms with E-state index in [-0.39, 0.29) is 11.9 Å². The zero-order valence-corrected chi connectivity index (χ0v) is 11.7. The molecule has 0 aromatic rings. The molecule has 0 spiro atoms. The molecule has 104 valence electrons. The third-order valence-electron chi connectivity index (χ3n) is 4.03. The zero-order chi connectivity index (χ0) is 13.1. The van der Waals surface area contributed by atoms with Crippen molar-refractivity contribution < 1.29 is 9.53 Å². The van der Waals surface area contributed by atoms with Crippen molar-refractivity contribution in [1.29, 1.82) is 0 Å². The molecule has 2 aliphatic rings. The number of nitrogens with zero attached hydrogens (tertiary/aromatic N) is 2. The van der Waals surface area contributed by atoms with Gasteiger partial charge < -0.3 is 15.0 Å². The van der Waals surface area contributed by atoms with Gasteiger partial charge in [-0.2, -0.15) is 0 Å². The lowest BCUT2D eigenvalue weighted by Crippen LogP contribution is -2.62. The molecule has 2 heterocycles. The number of rotatable bonds is 2. The maximum atomic E-state index is 12.3. The highest BCUT2D eigenvalue weighted by molar-refractivity contribution is 5.81. The van der Waals surface area contributed by atoms with Crippen molar-refractivity contribution in [2.75, 3.05) is 46.9 Å². The Morgan fingerprint density at radius 2 is 2.22 bits per heavy atom. The van der Waals surface area contributed by atoms with E-state index in [9.17, 15) is 4.79 Å². The van der Waals surface area contributed by atoms with Crippen molar-refractivity contribution in [3.8, 4) is 0 Å². The van der Waals surface area contributed by atoms with E-state index in [1.165, 1.54) is 0 Å². The fourth-order valence-electron chi connectivity index (χ4n) is 3.01. The van der Waals surface area contributed by atoms with Crippen LogP contribution in [0.3, 0.4) is 0 Å². The van der Waals surface area contributed by atoms with Gasteiger partial charge in [0.05, 0.1) is 6.61 Å². The van der Waals surface area contributed by atoms with Gasteiger partial charge in [0, 0.05) is 46.4 Å². The van der Waals surface area contributed by atoms with Crippen LogP contribution in [0, 0.1) is 5.92 Å². The van der Waals surface area contributed by atoms with Gasteiger partial charge in [0.2, 0.25) is 5.91 Å². The molecule has 0 aromatic carbocycles. The van der Waals surface area contributed by atoms with Crippen LogP contribution in [-0.4, -0.2) is 74.7 Å². The fourth-order valence-corrected chi connectivity index (χ4v) is 3.01. The van der Waals surface area contributed by atoms with E-state index in [4.69, 9.17) is 4.74 Å². The van der Waals surface area contributed by atoms with E-state index in [1.807, 2.05) is 14.1 Å². The second-order valence-electron chi connectivity index (χ2n) is 5.60. The van der Waals surface area contributed by atoms with Gasteiger partial charge in [-0.15, -0.1) is 0 Å². The maximum Gasteiger partial charge on any atom is 0.240 e. The standard InChI is InChI=1S/C13H25N3O2/c1-10-9-18-7-4-11(10)16-6-5-14-8-12(16)13(17)15(2)3/h10-12,14H,4-9H2,1-3H3. The summed E-state index contributed by atoms with van der Waals surface area (Å²) >= 11 is 0. The summed E-state index contributed by atoms with van der Waals surface area (Å²) in [5.41, 5.74) is 0. The molecule has 0 aliphatic carbocycles. The Bertz CT molecular complexity index is 296. The molecule has 0 saturated carbocycles. The number of carbonyl (C=O) groups is 1. The van der Waals surface area contributed by atoms with Crippen molar-refractivity contribution in [3.05, 3.63) is 0 Å². The van der Waals surface area contributed by atoms with Gasteiger partial charge in [0.15, 0.2) is 0 Å². The Balaban J connectivity index is 2.09. The molecule has 18 heavy (non-hydrogen) atoms. The molecular formula is C13H25N3O2. The Kier molecular flexibility index (Phi) is 4.59. The summed E-state index contributed by atoms with van der Waals surface area (Å²) in [7, 11) is 3.67. The lowest BCUT2D eigenvalue weighted by Gasteiger charge is -2.45. The minimum atomic E-state index is -0.0145. The van der Waals surface area contributed by atoms with Crippen molar-refractivity contribution in [2.45, 2.75) is 25.4 Å². The highest BCUT2D eigenvalue weighted by atomic mass is 16.5. The average Bonchev–Trinajstić information content (AvgIpc) is 2.38. The van der Waals surface area contributed by atoms with Crippen LogP contribution < -0.4 is 5.32 Å². The first-order chi connectivity index (χ1) is 8.61. The number of ether oxygens (including phenoxy) is 1. The molecule has 2 aliphatic heterocycles. The number of hydrogen-bond donors (Lipinski definition) is 1. The number of carbonyl (C=O) groups excluding carboxylic acids is 1. The minimum absolute atomic E-state index is 0.0145. The monoisotopic (exact) mass is 255 g/mol. The molecule has 3 atom stereocenters. The van der Waals surface area contributed by atoms with Crippen LogP contribution in [0.15, 0.2) is 0 Å². The van der Waals surface area contributed by atoms with Crippen LogP contribution in [0.2, 0.25) is 0 Å². The largest absolute Gasteiger partial charge is 0.381 e. The molecule has 2 saturated heterocycles. The van der Waals surface area contributed by atoms with Gasteiger partial charge in [0.1, 0.15) is 6.04 Å². The predicted molar refractivity (Wildman–Crippen MR) is 70.4 cm³/mol. The molecule has 5 heteroatoms. The van der Waals surface area contributed by atoms with Crippen molar-refractivity contribution in [1.82, 2.24) is 15.1 Å². The SMILES string of the molecule is CC1COCCC1N1CCNCC1C(=O)N(C)C. The summed E-state index contributed by atoms with van der Waals surface area (Å²) in [5.74, 6) is 0.718. The summed E-state index contributed by atoms with van der Waals surface area (Å²) in [6.45, 7) is 6.56. The number of amides is 1. The molecule has 5 nitrogen and oxygen atoms in total. The molecule has 1 N–H and O–H groups in total. The molecule has 2 fully saturated rings. The molecule has 3 unspecified atom stereocenters. The third-order valence-corrected chi connectivity index (χ3v) is 4.03. The number of nitrogens with one attached hydrogen (secondary N) is 1. The number of hydrogen-bond acceptors (Lipinski definition) is 4. The molecular weight excluding hydrogens is 230 g/mol. The van der Waals surface area contributed by atoms with Crippen LogP contribution >= 0.6 is 0 Å². The van der Waals surface area contributed by atoms with Crippen molar-refractivity contribution in [3.63, 3.8) is 0 Å². The summed E-state index contributed by atoms with van der Waals surface area (Å²) in [4.78, 5) is 16.4.